The van der Waals surface area contributed by atoms with Crippen LogP contribution < -0.4 is 5.73 Å². The first-order chi connectivity index (χ1) is 17.7. The lowest BCUT2D eigenvalue weighted by molar-refractivity contribution is -0.204. The molecule has 194 valence electrons. The Balaban J connectivity index is 1.28. The second kappa shape index (κ2) is 8.82. The van der Waals surface area contributed by atoms with Gasteiger partial charge in [-0.25, -0.2) is 14.1 Å². The summed E-state index contributed by atoms with van der Waals surface area (Å²) in [4.78, 5) is 8.00. The maximum absolute atomic E-state index is 13.4. The van der Waals surface area contributed by atoms with Gasteiger partial charge in [-0.1, -0.05) is 0 Å². The molecule has 0 radical (unpaired) electrons. The van der Waals surface area contributed by atoms with Crippen LogP contribution in [0.2, 0.25) is 0 Å². The fourth-order valence-electron chi connectivity index (χ4n) is 5.01. The zero-order valence-corrected chi connectivity index (χ0v) is 21.0. The van der Waals surface area contributed by atoms with E-state index in [1.165, 1.54) is 10.8 Å². The zero-order valence-electron chi connectivity index (χ0n) is 20.1. The van der Waals surface area contributed by atoms with Crippen LogP contribution in [0.15, 0.2) is 43.0 Å². The number of phosphoric ester groups is 1. The van der Waals surface area contributed by atoms with Crippen molar-refractivity contribution in [3.63, 3.8) is 0 Å². The molecular weight excluding hydrogens is 503 g/mol. The summed E-state index contributed by atoms with van der Waals surface area (Å²) < 4.78 is 50.3. The molecule has 0 aromatic carbocycles. The van der Waals surface area contributed by atoms with E-state index in [0.29, 0.717) is 17.6 Å². The van der Waals surface area contributed by atoms with E-state index in [2.05, 4.69) is 21.1 Å². The fourth-order valence-corrected chi connectivity index (χ4v) is 6.41. The van der Waals surface area contributed by atoms with Crippen LogP contribution in [0.5, 0.6) is 0 Å². The number of nitrogens with two attached hydrogens (primary N) is 1. The van der Waals surface area contributed by atoms with Gasteiger partial charge in [-0.2, -0.15) is 10.4 Å². The van der Waals surface area contributed by atoms with Gasteiger partial charge in [-0.05, 0) is 43.7 Å². The Kier molecular flexibility index (Phi) is 5.81. The molecule has 37 heavy (non-hydrogen) atoms. The van der Waals surface area contributed by atoms with E-state index in [9.17, 15) is 9.83 Å². The SMILES string of the molecule is CC1(C)O[C@H]2[C@@H](O1)[C@](C#N)(c1ccc3c(N)ncnn13)O[C@@H]2CO[P@@]1(=O)OCC[C@@H](c2ccncc2)O1. The number of pyridine rings is 1. The minimum atomic E-state index is -3.93. The number of anilines is 1. The number of fused-ring (bicyclic) bond motifs is 2. The molecule has 0 spiro atoms. The Morgan fingerprint density at radius 3 is 2.84 bits per heavy atom. The minimum absolute atomic E-state index is 0.188. The van der Waals surface area contributed by atoms with Crippen molar-refractivity contribution in [2.75, 3.05) is 18.9 Å². The molecule has 0 bridgehead atoms. The Morgan fingerprint density at radius 2 is 2.05 bits per heavy atom. The van der Waals surface area contributed by atoms with Gasteiger partial charge in [0, 0.05) is 18.8 Å². The highest BCUT2D eigenvalue weighted by Gasteiger charge is 2.65. The first-order valence-corrected chi connectivity index (χ1v) is 13.2. The number of hydrogen-bond acceptors (Lipinski definition) is 12. The van der Waals surface area contributed by atoms with Gasteiger partial charge >= 0.3 is 7.82 Å². The van der Waals surface area contributed by atoms with E-state index >= 15 is 0 Å². The van der Waals surface area contributed by atoms with E-state index in [1.807, 2.05) is 0 Å². The quantitative estimate of drug-likeness (QED) is 0.482. The molecule has 14 heteroatoms. The molecule has 13 nitrogen and oxygen atoms in total. The highest BCUT2D eigenvalue weighted by atomic mass is 31.2. The Labute approximate surface area is 212 Å². The molecule has 6 rings (SSSR count). The van der Waals surface area contributed by atoms with Crippen molar-refractivity contribution in [1.29, 1.82) is 5.26 Å². The number of rotatable bonds is 5. The second-order valence-corrected chi connectivity index (χ2v) is 11.0. The van der Waals surface area contributed by atoms with Crippen LogP contribution in [0.3, 0.4) is 0 Å². The summed E-state index contributed by atoms with van der Waals surface area (Å²) in [7, 11) is -3.93. The molecule has 3 aliphatic heterocycles. The summed E-state index contributed by atoms with van der Waals surface area (Å²) >= 11 is 0. The summed E-state index contributed by atoms with van der Waals surface area (Å²) in [5.41, 5.74) is 6.10. The van der Waals surface area contributed by atoms with Gasteiger partial charge in [-0.3, -0.25) is 18.6 Å². The summed E-state index contributed by atoms with van der Waals surface area (Å²) in [5.74, 6) is -0.754. The average Bonchev–Trinajstić information content (AvgIpc) is 3.54. The van der Waals surface area contributed by atoms with Crippen molar-refractivity contribution in [3.05, 3.63) is 54.2 Å². The van der Waals surface area contributed by atoms with Gasteiger partial charge in [0.2, 0.25) is 5.60 Å². The van der Waals surface area contributed by atoms with Crippen molar-refractivity contribution in [2.24, 2.45) is 0 Å². The fraction of sp³-hybridized carbons (Fsp3) is 0.478. The molecule has 6 heterocycles. The largest absolute Gasteiger partial charge is 0.475 e. The number of ether oxygens (including phenoxy) is 3. The van der Waals surface area contributed by atoms with Crippen LogP contribution in [0.25, 0.3) is 5.52 Å². The highest BCUT2D eigenvalue weighted by molar-refractivity contribution is 7.48. The van der Waals surface area contributed by atoms with Crippen molar-refractivity contribution in [1.82, 2.24) is 19.6 Å². The number of nitrogens with zero attached hydrogens (tertiary/aromatic N) is 5. The van der Waals surface area contributed by atoms with Gasteiger partial charge in [0.05, 0.1) is 25.0 Å². The van der Waals surface area contributed by atoms with E-state index in [-0.39, 0.29) is 19.0 Å². The summed E-state index contributed by atoms with van der Waals surface area (Å²) in [6.45, 7) is 3.45. The molecule has 3 aliphatic rings. The van der Waals surface area contributed by atoms with Gasteiger partial charge < -0.3 is 19.9 Å². The molecule has 3 aromatic heterocycles. The van der Waals surface area contributed by atoms with Crippen LogP contribution in [-0.4, -0.2) is 56.9 Å². The molecule has 0 aliphatic carbocycles. The Hall–Kier alpha value is -2.95. The number of hydrogen-bond donors (Lipinski definition) is 1. The normalized spacial score (nSPS) is 34.8. The third-order valence-corrected chi connectivity index (χ3v) is 8.10. The third-order valence-electron chi connectivity index (χ3n) is 6.62. The Bertz CT molecular complexity index is 1410. The van der Waals surface area contributed by atoms with E-state index in [0.717, 1.165) is 5.56 Å². The maximum Gasteiger partial charge on any atom is 0.475 e. The second-order valence-electron chi connectivity index (χ2n) is 9.42. The van der Waals surface area contributed by atoms with Crippen molar-refractivity contribution in [3.8, 4) is 6.07 Å². The number of nitrogen functional groups attached to an aromatic ring is 1. The lowest BCUT2D eigenvalue weighted by Gasteiger charge is -2.31. The van der Waals surface area contributed by atoms with Crippen LogP contribution >= 0.6 is 7.82 Å². The summed E-state index contributed by atoms with van der Waals surface area (Å²) in [5, 5.41) is 14.7. The monoisotopic (exact) mass is 528 g/mol. The zero-order chi connectivity index (χ0) is 25.8. The molecule has 0 saturated carbocycles. The van der Waals surface area contributed by atoms with Crippen LogP contribution in [0, 0.1) is 11.3 Å². The van der Waals surface area contributed by atoms with E-state index < -0.39 is 43.6 Å². The van der Waals surface area contributed by atoms with Gasteiger partial charge in [0.25, 0.3) is 0 Å². The highest BCUT2D eigenvalue weighted by Crippen LogP contribution is 2.58. The van der Waals surface area contributed by atoms with Crippen molar-refractivity contribution in [2.45, 2.75) is 56.1 Å². The molecule has 6 atom stereocenters. The number of aromatic nitrogens is 4. The topological polar surface area (TPSA) is 165 Å². The molecular formula is C23H25N6O7P. The maximum atomic E-state index is 13.4. The Morgan fingerprint density at radius 1 is 1.24 bits per heavy atom. The van der Waals surface area contributed by atoms with Gasteiger partial charge in [-0.15, -0.1) is 0 Å². The predicted octanol–water partition coefficient (Wildman–Crippen LogP) is 2.65. The summed E-state index contributed by atoms with van der Waals surface area (Å²) in [6.07, 6.45) is 2.21. The lowest BCUT2D eigenvalue weighted by Crippen LogP contribution is -2.40. The number of phosphoric acid groups is 1. The first-order valence-electron chi connectivity index (χ1n) is 11.7. The standard InChI is InChI=1S/C23H25N6O7P/c1-22(2)34-19-17(11-32-37(30)31-10-7-16(36-37)14-5-8-26-9-6-14)33-23(12-24,20(19)35-22)18-4-3-15-21(25)27-13-28-29(15)18/h3-6,8-9,13,16-17,19-20H,7,10-11H2,1-2H3,(H2,25,27,28)/t16-,17+,19+,20+,23-,37+/m0/s1. The summed E-state index contributed by atoms with van der Waals surface area (Å²) in [6, 6.07) is 9.23. The van der Waals surface area contributed by atoms with Crippen LogP contribution in [-0.2, 0) is 37.9 Å². The molecule has 2 N–H and O–H groups in total. The van der Waals surface area contributed by atoms with Crippen molar-refractivity contribution >= 4 is 19.2 Å². The first kappa shape index (κ1) is 24.4. The number of nitriles is 1. The lowest BCUT2D eigenvalue weighted by atomic mass is 9.92. The van der Waals surface area contributed by atoms with Crippen LogP contribution in [0.1, 0.15) is 37.6 Å². The molecule has 0 amide bonds. The predicted molar refractivity (Wildman–Crippen MR) is 126 cm³/mol. The molecule has 3 aromatic rings. The van der Waals surface area contributed by atoms with Crippen LogP contribution in [0.4, 0.5) is 5.82 Å². The van der Waals surface area contributed by atoms with Crippen molar-refractivity contribution < 1.29 is 32.3 Å². The van der Waals surface area contributed by atoms with Gasteiger partial charge in [0.15, 0.2) is 11.6 Å². The van der Waals surface area contributed by atoms with E-state index in [1.54, 1.807) is 50.5 Å². The average molecular weight is 528 g/mol. The molecule has 0 unspecified atom stereocenters. The van der Waals surface area contributed by atoms with Gasteiger partial charge in [0.1, 0.15) is 36.2 Å². The molecule has 3 fully saturated rings. The minimum Gasteiger partial charge on any atom is -0.382 e. The molecule has 3 saturated heterocycles. The smallest absolute Gasteiger partial charge is 0.382 e. The van der Waals surface area contributed by atoms with E-state index in [4.69, 9.17) is 33.5 Å². The third kappa shape index (κ3) is 4.11.